The lowest BCUT2D eigenvalue weighted by atomic mass is 10.00. The van der Waals surface area contributed by atoms with Crippen LogP contribution < -0.4 is 5.32 Å². The molecule has 2 nitrogen and oxygen atoms in total. The second-order valence-electron chi connectivity index (χ2n) is 6.10. The first kappa shape index (κ1) is 13.6. The Morgan fingerprint density at radius 3 is 2.61 bits per heavy atom. The molecule has 0 radical (unpaired) electrons. The van der Waals surface area contributed by atoms with Crippen LogP contribution in [-0.4, -0.2) is 24.8 Å². The van der Waals surface area contributed by atoms with Gasteiger partial charge in [-0.05, 0) is 39.2 Å². The molecule has 1 N–H and O–H groups in total. The van der Waals surface area contributed by atoms with Crippen molar-refractivity contribution in [2.24, 2.45) is 0 Å². The summed E-state index contributed by atoms with van der Waals surface area (Å²) in [4.78, 5) is 0. The summed E-state index contributed by atoms with van der Waals surface area (Å²) in [6, 6.07) is 11.9. The Morgan fingerprint density at radius 2 is 2.00 bits per heavy atom. The summed E-state index contributed by atoms with van der Waals surface area (Å²) in [5.41, 5.74) is 1.43. The van der Waals surface area contributed by atoms with Gasteiger partial charge in [0, 0.05) is 25.1 Å². The van der Waals surface area contributed by atoms with Gasteiger partial charge in [0.05, 0.1) is 5.60 Å². The summed E-state index contributed by atoms with van der Waals surface area (Å²) in [7, 11) is 1.79. The number of hydrogen-bond donors (Lipinski definition) is 1. The van der Waals surface area contributed by atoms with Gasteiger partial charge in [0.1, 0.15) is 0 Å². The van der Waals surface area contributed by atoms with Gasteiger partial charge in [-0.2, -0.15) is 0 Å². The molecule has 0 aromatic heterocycles. The van der Waals surface area contributed by atoms with Crippen molar-refractivity contribution in [1.82, 2.24) is 5.32 Å². The van der Waals surface area contributed by atoms with Gasteiger partial charge in [-0.25, -0.2) is 0 Å². The van der Waals surface area contributed by atoms with Gasteiger partial charge >= 0.3 is 0 Å². The van der Waals surface area contributed by atoms with Gasteiger partial charge in [-0.1, -0.05) is 30.3 Å². The molecule has 1 aromatic rings. The zero-order valence-electron chi connectivity index (χ0n) is 11.9. The molecular formula is C16H25NO. The van der Waals surface area contributed by atoms with Crippen molar-refractivity contribution in [3.05, 3.63) is 35.9 Å². The van der Waals surface area contributed by atoms with Crippen LogP contribution in [0.4, 0.5) is 0 Å². The molecular weight excluding hydrogens is 222 g/mol. The zero-order valence-corrected chi connectivity index (χ0v) is 11.9. The van der Waals surface area contributed by atoms with Crippen molar-refractivity contribution in [2.45, 2.75) is 57.2 Å². The standard InChI is InChI=1S/C16H25NO/c1-12(11-16(2,3)18-4)17-15-10-14(15)13-8-6-5-7-9-13/h5-9,12,14-15,17H,10-11H2,1-4H3. The number of benzene rings is 1. The second-order valence-corrected chi connectivity index (χ2v) is 6.10. The van der Waals surface area contributed by atoms with Crippen LogP contribution in [0.5, 0.6) is 0 Å². The third kappa shape index (κ3) is 3.56. The van der Waals surface area contributed by atoms with Crippen molar-refractivity contribution < 1.29 is 4.74 Å². The highest BCUT2D eigenvalue weighted by Crippen LogP contribution is 2.41. The van der Waals surface area contributed by atoms with Gasteiger partial charge in [-0.15, -0.1) is 0 Å². The average Bonchev–Trinajstić information content (AvgIpc) is 3.08. The average molecular weight is 247 g/mol. The van der Waals surface area contributed by atoms with Crippen LogP contribution in [0.3, 0.4) is 0 Å². The highest BCUT2D eigenvalue weighted by atomic mass is 16.5. The summed E-state index contributed by atoms with van der Waals surface area (Å²) in [6.45, 7) is 6.54. The molecule has 3 atom stereocenters. The minimum Gasteiger partial charge on any atom is -0.379 e. The number of methoxy groups -OCH3 is 1. The molecule has 100 valence electrons. The summed E-state index contributed by atoms with van der Waals surface area (Å²) >= 11 is 0. The molecule has 1 aromatic carbocycles. The Labute approximate surface area is 111 Å². The Balaban J connectivity index is 1.80. The van der Waals surface area contributed by atoms with Crippen LogP contribution in [0, 0.1) is 0 Å². The van der Waals surface area contributed by atoms with Crippen LogP contribution in [0.2, 0.25) is 0 Å². The first-order valence-electron chi connectivity index (χ1n) is 6.88. The molecule has 1 saturated carbocycles. The number of ether oxygens (including phenoxy) is 1. The summed E-state index contributed by atoms with van der Waals surface area (Å²) in [6.07, 6.45) is 2.31. The van der Waals surface area contributed by atoms with Crippen molar-refractivity contribution in [3.63, 3.8) is 0 Å². The summed E-state index contributed by atoms with van der Waals surface area (Å²) < 4.78 is 5.48. The predicted octanol–water partition coefficient (Wildman–Crippen LogP) is 3.34. The van der Waals surface area contributed by atoms with E-state index in [4.69, 9.17) is 4.74 Å². The van der Waals surface area contributed by atoms with Crippen LogP contribution >= 0.6 is 0 Å². The Kier molecular flexibility index (Phi) is 4.08. The molecule has 0 spiro atoms. The Morgan fingerprint density at radius 1 is 1.33 bits per heavy atom. The van der Waals surface area contributed by atoms with Crippen LogP contribution in [0.1, 0.15) is 45.1 Å². The van der Waals surface area contributed by atoms with Gasteiger partial charge in [0.15, 0.2) is 0 Å². The van der Waals surface area contributed by atoms with Gasteiger partial charge in [0.2, 0.25) is 0 Å². The SMILES string of the molecule is COC(C)(C)CC(C)NC1CC1c1ccccc1. The lowest BCUT2D eigenvalue weighted by molar-refractivity contribution is 0.00842. The second kappa shape index (κ2) is 5.41. The summed E-state index contributed by atoms with van der Waals surface area (Å²) in [5.74, 6) is 0.708. The number of hydrogen-bond acceptors (Lipinski definition) is 2. The van der Waals surface area contributed by atoms with E-state index in [9.17, 15) is 0 Å². The highest BCUT2D eigenvalue weighted by Gasteiger charge is 2.39. The molecule has 1 aliphatic carbocycles. The molecule has 1 fully saturated rings. The van der Waals surface area contributed by atoms with Gasteiger partial charge in [-0.3, -0.25) is 0 Å². The van der Waals surface area contributed by atoms with Crippen LogP contribution in [0.25, 0.3) is 0 Å². The molecule has 0 bridgehead atoms. The normalized spacial score (nSPS) is 24.9. The predicted molar refractivity (Wildman–Crippen MR) is 75.9 cm³/mol. The monoisotopic (exact) mass is 247 g/mol. The van der Waals surface area contributed by atoms with Gasteiger partial charge in [0.25, 0.3) is 0 Å². The van der Waals surface area contributed by atoms with E-state index in [-0.39, 0.29) is 5.60 Å². The third-order valence-electron chi connectivity index (χ3n) is 3.87. The fourth-order valence-electron chi connectivity index (χ4n) is 2.69. The van der Waals surface area contributed by atoms with E-state index < -0.39 is 0 Å². The molecule has 2 rings (SSSR count). The fourth-order valence-corrected chi connectivity index (χ4v) is 2.69. The van der Waals surface area contributed by atoms with E-state index in [1.165, 1.54) is 12.0 Å². The molecule has 0 aliphatic heterocycles. The lowest BCUT2D eigenvalue weighted by Gasteiger charge is -2.27. The molecule has 2 heteroatoms. The highest BCUT2D eigenvalue weighted by molar-refractivity contribution is 5.27. The third-order valence-corrected chi connectivity index (χ3v) is 3.87. The molecule has 18 heavy (non-hydrogen) atoms. The van der Waals surface area contributed by atoms with E-state index in [1.807, 2.05) is 0 Å². The molecule has 0 heterocycles. The smallest absolute Gasteiger partial charge is 0.0637 e. The lowest BCUT2D eigenvalue weighted by Crippen LogP contribution is -2.37. The first-order chi connectivity index (χ1) is 8.52. The number of nitrogens with one attached hydrogen (secondary N) is 1. The van der Waals surface area contributed by atoms with Crippen LogP contribution in [-0.2, 0) is 4.74 Å². The maximum atomic E-state index is 5.48. The topological polar surface area (TPSA) is 21.3 Å². The van der Waals surface area contributed by atoms with Crippen molar-refractivity contribution in [2.75, 3.05) is 7.11 Å². The largest absolute Gasteiger partial charge is 0.379 e. The molecule has 0 amide bonds. The van der Waals surface area contributed by atoms with Crippen molar-refractivity contribution in [1.29, 1.82) is 0 Å². The van der Waals surface area contributed by atoms with Crippen molar-refractivity contribution >= 4 is 0 Å². The molecule has 1 aliphatic rings. The molecule has 0 saturated heterocycles. The minimum atomic E-state index is -0.0381. The van der Waals surface area contributed by atoms with E-state index >= 15 is 0 Å². The van der Waals surface area contributed by atoms with E-state index in [0.29, 0.717) is 18.0 Å². The molecule has 3 unspecified atom stereocenters. The summed E-state index contributed by atoms with van der Waals surface area (Å²) in [5, 5.41) is 3.71. The first-order valence-corrected chi connectivity index (χ1v) is 6.88. The quantitative estimate of drug-likeness (QED) is 0.832. The van der Waals surface area contributed by atoms with E-state index in [2.05, 4.69) is 56.4 Å². The minimum absolute atomic E-state index is 0.0381. The van der Waals surface area contributed by atoms with E-state index in [1.54, 1.807) is 7.11 Å². The zero-order chi connectivity index (χ0) is 13.2. The Bertz CT molecular complexity index is 374. The van der Waals surface area contributed by atoms with Gasteiger partial charge < -0.3 is 10.1 Å². The maximum absolute atomic E-state index is 5.48. The fraction of sp³-hybridized carbons (Fsp3) is 0.625. The maximum Gasteiger partial charge on any atom is 0.0637 e. The Hall–Kier alpha value is -0.860. The van der Waals surface area contributed by atoms with E-state index in [0.717, 1.165) is 6.42 Å². The number of rotatable bonds is 6. The van der Waals surface area contributed by atoms with Crippen molar-refractivity contribution in [3.8, 4) is 0 Å². The van der Waals surface area contributed by atoms with Crippen LogP contribution in [0.15, 0.2) is 30.3 Å².